The second-order valence-electron chi connectivity index (χ2n) is 4.59. The molecule has 0 amide bonds. The fourth-order valence-corrected chi connectivity index (χ4v) is 2.85. The van der Waals surface area contributed by atoms with E-state index in [1.807, 2.05) is 0 Å². The Morgan fingerprint density at radius 3 is 2.76 bits per heavy atom. The Morgan fingerprint density at radius 1 is 1.53 bits per heavy atom. The molecule has 1 aromatic rings. The summed E-state index contributed by atoms with van der Waals surface area (Å²) < 4.78 is 31.4. The van der Waals surface area contributed by atoms with Crippen LogP contribution in [0.4, 0.5) is 0 Å². The lowest BCUT2D eigenvalue weighted by molar-refractivity contribution is 0.409. The molecule has 0 aliphatic heterocycles. The van der Waals surface area contributed by atoms with Crippen molar-refractivity contribution in [2.24, 2.45) is 17.6 Å². The van der Waals surface area contributed by atoms with E-state index in [0.29, 0.717) is 24.1 Å². The highest BCUT2D eigenvalue weighted by Crippen LogP contribution is 2.36. The first-order valence-corrected chi connectivity index (χ1v) is 7.29. The molecule has 17 heavy (non-hydrogen) atoms. The molecule has 1 aliphatic carbocycles. The Kier molecular flexibility index (Phi) is 3.56. The second-order valence-corrected chi connectivity index (χ2v) is 6.29. The Balaban J connectivity index is 1.97. The summed E-state index contributed by atoms with van der Waals surface area (Å²) in [5, 5.41) is -0.0547. The third-order valence-electron chi connectivity index (χ3n) is 3.13. The number of hydrogen-bond acceptors (Lipinski definition) is 4. The smallest absolute Gasteiger partial charge is 0.273 e. The lowest BCUT2D eigenvalue weighted by Gasteiger charge is -2.10. The van der Waals surface area contributed by atoms with Gasteiger partial charge in [0.25, 0.3) is 10.0 Å². The van der Waals surface area contributed by atoms with Crippen LogP contribution in [0.1, 0.15) is 25.5 Å². The van der Waals surface area contributed by atoms with Crippen molar-refractivity contribution in [1.82, 2.24) is 4.72 Å². The van der Waals surface area contributed by atoms with Crippen molar-refractivity contribution in [1.29, 1.82) is 0 Å². The molecule has 1 aromatic heterocycles. The van der Waals surface area contributed by atoms with Crippen molar-refractivity contribution in [2.45, 2.75) is 31.4 Å². The molecule has 1 aliphatic rings. The highest BCUT2D eigenvalue weighted by atomic mass is 32.2. The first-order chi connectivity index (χ1) is 8.03. The lowest BCUT2D eigenvalue weighted by Crippen LogP contribution is -2.28. The summed E-state index contributed by atoms with van der Waals surface area (Å²) in [4.78, 5) is 0. The Hall–Kier alpha value is -0.850. The van der Waals surface area contributed by atoms with Gasteiger partial charge in [0.15, 0.2) is 0 Å². The van der Waals surface area contributed by atoms with Gasteiger partial charge in [-0.2, -0.15) is 0 Å². The average molecular weight is 258 g/mol. The van der Waals surface area contributed by atoms with Gasteiger partial charge in [-0.25, -0.2) is 13.1 Å². The summed E-state index contributed by atoms with van der Waals surface area (Å²) in [5.41, 5.74) is 5.37. The lowest BCUT2D eigenvalue weighted by atomic mass is 10.1. The quantitative estimate of drug-likeness (QED) is 0.799. The average Bonchev–Trinajstić information content (AvgIpc) is 3.03. The molecule has 1 atom stereocenters. The summed E-state index contributed by atoms with van der Waals surface area (Å²) in [6, 6.07) is 3.02. The van der Waals surface area contributed by atoms with Crippen LogP contribution >= 0.6 is 0 Å². The Labute approximate surface area is 101 Å². The maximum absolute atomic E-state index is 11.9. The van der Waals surface area contributed by atoms with Crippen molar-refractivity contribution in [3.8, 4) is 0 Å². The van der Waals surface area contributed by atoms with E-state index in [1.165, 1.54) is 18.9 Å². The Morgan fingerprint density at radius 2 is 2.24 bits per heavy atom. The largest absolute Gasteiger partial charge is 0.447 e. The maximum Gasteiger partial charge on any atom is 0.273 e. The van der Waals surface area contributed by atoms with E-state index in [2.05, 4.69) is 11.6 Å². The second kappa shape index (κ2) is 4.80. The molecule has 1 fully saturated rings. The molecular weight excluding hydrogens is 240 g/mol. The van der Waals surface area contributed by atoms with Gasteiger partial charge in [0.2, 0.25) is 5.09 Å². The van der Waals surface area contributed by atoms with Crippen LogP contribution in [0.5, 0.6) is 0 Å². The van der Waals surface area contributed by atoms with Crippen LogP contribution in [0.2, 0.25) is 0 Å². The molecule has 0 aromatic carbocycles. The Bertz CT molecular complexity index is 477. The molecular formula is C11H18N2O3S. The molecule has 0 saturated heterocycles. The predicted molar refractivity (Wildman–Crippen MR) is 63.7 cm³/mol. The van der Waals surface area contributed by atoms with E-state index in [9.17, 15) is 8.42 Å². The van der Waals surface area contributed by atoms with Crippen LogP contribution in [0.25, 0.3) is 0 Å². The molecule has 3 N–H and O–H groups in total. The van der Waals surface area contributed by atoms with Gasteiger partial charge in [-0.1, -0.05) is 6.92 Å². The van der Waals surface area contributed by atoms with Crippen LogP contribution in [0.3, 0.4) is 0 Å². The van der Waals surface area contributed by atoms with Crippen molar-refractivity contribution in [3.05, 3.63) is 17.9 Å². The fraction of sp³-hybridized carbons (Fsp3) is 0.636. The van der Waals surface area contributed by atoms with Gasteiger partial charge in [-0.15, -0.1) is 0 Å². The number of rotatable bonds is 6. The van der Waals surface area contributed by atoms with Crippen LogP contribution in [0, 0.1) is 11.8 Å². The number of furan rings is 1. The monoisotopic (exact) mass is 258 g/mol. The minimum Gasteiger partial charge on any atom is -0.447 e. The van der Waals surface area contributed by atoms with Gasteiger partial charge in [-0.3, -0.25) is 0 Å². The topological polar surface area (TPSA) is 85.3 Å². The summed E-state index contributed by atoms with van der Waals surface area (Å²) in [6.45, 7) is 2.73. The fourth-order valence-electron chi connectivity index (χ4n) is 1.76. The van der Waals surface area contributed by atoms with Gasteiger partial charge in [0, 0.05) is 6.54 Å². The van der Waals surface area contributed by atoms with Crippen LogP contribution in [0.15, 0.2) is 21.6 Å². The molecule has 1 saturated carbocycles. The van der Waals surface area contributed by atoms with Gasteiger partial charge >= 0.3 is 0 Å². The van der Waals surface area contributed by atoms with E-state index >= 15 is 0 Å². The number of nitrogens with two attached hydrogens (primary N) is 1. The van der Waals surface area contributed by atoms with E-state index < -0.39 is 10.0 Å². The van der Waals surface area contributed by atoms with Gasteiger partial charge in [-0.05, 0) is 36.8 Å². The third-order valence-corrected chi connectivity index (χ3v) is 4.42. The zero-order valence-electron chi connectivity index (χ0n) is 9.85. The summed E-state index contributed by atoms with van der Waals surface area (Å²) in [5.74, 6) is 1.53. The van der Waals surface area contributed by atoms with Gasteiger partial charge < -0.3 is 10.2 Å². The van der Waals surface area contributed by atoms with Crippen molar-refractivity contribution in [3.63, 3.8) is 0 Å². The molecule has 5 nitrogen and oxygen atoms in total. The van der Waals surface area contributed by atoms with E-state index in [1.54, 1.807) is 6.07 Å². The van der Waals surface area contributed by atoms with E-state index in [0.717, 1.165) is 0 Å². The van der Waals surface area contributed by atoms with Crippen molar-refractivity contribution >= 4 is 10.0 Å². The van der Waals surface area contributed by atoms with Crippen LogP contribution in [-0.2, 0) is 16.6 Å². The molecule has 6 heteroatoms. The van der Waals surface area contributed by atoms with E-state index in [-0.39, 0.29) is 11.6 Å². The molecule has 2 rings (SSSR count). The highest BCUT2D eigenvalue weighted by molar-refractivity contribution is 7.89. The first kappa shape index (κ1) is 12.6. The minimum atomic E-state index is -3.52. The molecule has 1 heterocycles. The molecule has 0 radical (unpaired) electrons. The summed E-state index contributed by atoms with van der Waals surface area (Å²) in [7, 11) is -3.52. The maximum atomic E-state index is 11.9. The number of nitrogens with one attached hydrogen (secondary N) is 1. The number of sulfonamides is 1. The molecule has 0 spiro atoms. The van der Waals surface area contributed by atoms with Crippen molar-refractivity contribution < 1.29 is 12.8 Å². The molecule has 1 unspecified atom stereocenters. The van der Waals surface area contributed by atoms with Gasteiger partial charge in [0.1, 0.15) is 5.76 Å². The zero-order valence-corrected chi connectivity index (χ0v) is 10.7. The van der Waals surface area contributed by atoms with Crippen LogP contribution in [-0.4, -0.2) is 15.0 Å². The molecule has 96 valence electrons. The van der Waals surface area contributed by atoms with E-state index in [4.69, 9.17) is 10.2 Å². The highest BCUT2D eigenvalue weighted by Gasteiger charge is 2.29. The molecule has 0 bridgehead atoms. The number of hydrogen-bond donors (Lipinski definition) is 2. The van der Waals surface area contributed by atoms with Gasteiger partial charge in [0.05, 0.1) is 6.54 Å². The normalized spacial score (nSPS) is 18.2. The summed E-state index contributed by atoms with van der Waals surface area (Å²) in [6.07, 6.45) is 2.42. The standard InChI is InChI=1S/C11H18N2O3S/c1-8(9-2-3-9)7-13-17(14,15)11-5-4-10(6-12)16-11/h4-5,8-9,13H,2-3,6-7,12H2,1H3. The zero-order chi connectivity index (χ0) is 12.5. The van der Waals surface area contributed by atoms with Crippen LogP contribution < -0.4 is 10.5 Å². The first-order valence-electron chi connectivity index (χ1n) is 5.81. The predicted octanol–water partition coefficient (Wildman–Crippen LogP) is 1.06. The summed E-state index contributed by atoms with van der Waals surface area (Å²) >= 11 is 0. The SMILES string of the molecule is CC(CNS(=O)(=O)c1ccc(CN)o1)C1CC1. The minimum absolute atomic E-state index is 0.0547. The van der Waals surface area contributed by atoms with Crippen molar-refractivity contribution in [2.75, 3.05) is 6.54 Å². The third kappa shape index (κ3) is 3.08.